The maximum atomic E-state index is 4.95. The van der Waals surface area contributed by atoms with Gasteiger partial charge in [-0.25, -0.2) is 15.0 Å². The summed E-state index contributed by atoms with van der Waals surface area (Å²) in [7, 11) is 0. The van der Waals surface area contributed by atoms with Crippen LogP contribution in [0.4, 0.5) is 0 Å². The predicted octanol–water partition coefficient (Wildman–Crippen LogP) is 13.4. The van der Waals surface area contributed by atoms with Crippen LogP contribution in [0.5, 0.6) is 0 Å². The molecule has 0 radical (unpaired) electrons. The third kappa shape index (κ3) is 7.12. The first-order chi connectivity index (χ1) is 27.2. The number of fused-ring (bicyclic) bond motifs is 1. The molecule has 3 nitrogen and oxygen atoms in total. The Morgan fingerprint density at radius 1 is 0.345 bits per heavy atom. The Labute approximate surface area is 322 Å². The van der Waals surface area contributed by atoms with Crippen LogP contribution in [-0.2, 0) is 6.42 Å². The van der Waals surface area contributed by atoms with Crippen molar-refractivity contribution in [3.8, 4) is 78.7 Å². The fourth-order valence-corrected chi connectivity index (χ4v) is 7.20. The molecule has 1 aromatic heterocycles. The van der Waals surface area contributed by atoms with Crippen molar-refractivity contribution in [3.63, 3.8) is 0 Å². The zero-order valence-corrected chi connectivity index (χ0v) is 30.3. The summed E-state index contributed by atoms with van der Waals surface area (Å²) in [4.78, 5) is 14.8. The maximum Gasteiger partial charge on any atom is 0.164 e. The molecule has 0 atom stereocenters. The van der Waals surface area contributed by atoms with Gasteiger partial charge in [-0.3, -0.25) is 0 Å². The topological polar surface area (TPSA) is 38.7 Å². The molecular weight excluding hydrogens is 667 g/mol. The van der Waals surface area contributed by atoms with E-state index in [1.807, 2.05) is 66.7 Å². The predicted molar refractivity (Wildman–Crippen MR) is 229 cm³/mol. The molecule has 8 aromatic carbocycles. The van der Waals surface area contributed by atoms with Crippen LogP contribution in [0.15, 0.2) is 207 Å². The average molecular weight is 704 g/mol. The third-order valence-corrected chi connectivity index (χ3v) is 10.1. The van der Waals surface area contributed by atoms with E-state index in [-0.39, 0.29) is 0 Å². The van der Waals surface area contributed by atoms with Crippen molar-refractivity contribution in [1.82, 2.24) is 15.0 Å². The molecule has 0 aliphatic carbocycles. The smallest absolute Gasteiger partial charge is 0.164 e. The third-order valence-electron chi connectivity index (χ3n) is 10.1. The largest absolute Gasteiger partial charge is 0.208 e. The van der Waals surface area contributed by atoms with Crippen LogP contribution in [0.2, 0.25) is 0 Å². The van der Waals surface area contributed by atoms with Gasteiger partial charge in [0.1, 0.15) is 0 Å². The number of aromatic nitrogens is 3. The molecule has 0 unspecified atom stereocenters. The lowest BCUT2D eigenvalue weighted by Gasteiger charge is -2.14. The minimum absolute atomic E-state index is 0.639. The molecule has 0 saturated heterocycles. The second-order valence-electron chi connectivity index (χ2n) is 13.7. The van der Waals surface area contributed by atoms with E-state index in [2.05, 4.69) is 140 Å². The van der Waals surface area contributed by atoms with Gasteiger partial charge < -0.3 is 0 Å². The monoisotopic (exact) mass is 703 g/mol. The number of hydrogen-bond acceptors (Lipinski definition) is 3. The van der Waals surface area contributed by atoms with E-state index in [1.54, 1.807) is 0 Å². The molecule has 9 rings (SSSR count). The average Bonchev–Trinajstić information content (AvgIpc) is 3.27. The van der Waals surface area contributed by atoms with Gasteiger partial charge in [-0.2, -0.15) is 0 Å². The molecule has 260 valence electrons. The van der Waals surface area contributed by atoms with Gasteiger partial charge in [0.2, 0.25) is 0 Å². The Hall–Kier alpha value is -7.23. The highest BCUT2D eigenvalue weighted by atomic mass is 15.0. The van der Waals surface area contributed by atoms with E-state index in [1.165, 1.54) is 44.2 Å². The Morgan fingerprint density at radius 3 is 1.27 bits per heavy atom. The van der Waals surface area contributed by atoms with Gasteiger partial charge in [0, 0.05) is 16.7 Å². The number of benzene rings is 8. The molecule has 1 heterocycles. The van der Waals surface area contributed by atoms with Crippen LogP contribution in [0, 0.1) is 0 Å². The standard InChI is InChI=1S/C52H37N3/c1-2-12-36-21-23-37(24-22-36)38-25-27-39(28-26-38)45-33-46(35-47(34-45)49-20-11-18-41-13-9-10-19-48(41)49)40-29-31-44(32-30-40)52-54-50(42-14-5-3-6-15-42)53-51(55-52)43-16-7-4-8-17-43/h2-11,13-35H,1,12H2. The van der Waals surface area contributed by atoms with Gasteiger partial charge in [-0.05, 0) is 85.5 Å². The van der Waals surface area contributed by atoms with Crippen LogP contribution < -0.4 is 0 Å². The van der Waals surface area contributed by atoms with Gasteiger partial charge in [-0.15, -0.1) is 6.58 Å². The minimum Gasteiger partial charge on any atom is -0.208 e. The Kier molecular flexibility index (Phi) is 9.17. The van der Waals surface area contributed by atoms with Crippen molar-refractivity contribution in [1.29, 1.82) is 0 Å². The quantitative estimate of drug-likeness (QED) is 0.141. The number of hydrogen-bond donors (Lipinski definition) is 0. The highest BCUT2D eigenvalue weighted by Crippen LogP contribution is 2.37. The fraction of sp³-hybridized carbons (Fsp3) is 0.0192. The van der Waals surface area contributed by atoms with Gasteiger partial charge in [-0.1, -0.05) is 182 Å². The molecule has 0 N–H and O–H groups in total. The summed E-state index contributed by atoms with van der Waals surface area (Å²) in [6.45, 7) is 3.87. The van der Waals surface area contributed by atoms with E-state index in [0.29, 0.717) is 17.5 Å². The molecule has 0 aliphatic heterocycles. The minimum atomic E-state index is 0.639. The van der Waals surface area contributed by atoms with Crippen LogP contribution >= 0.6 is 0 Å². The molecular formula is C52H37N3. The Bertz CT molecular complexity index is 2690. The molecule has 0 aliphatic rings. The molecule has 55 heavy (non-hydrogen) atoms. The summed E-state index contributed by atoms with van der Waals surface area (Å²) >= 11 is 0. The van der Waals surface area contributed by atoms with E-state index in [9.17, 15) is 0 Å². The van der Waals surface area contributed by atoms with Crippen LogP contribution in [0.3, 0.4) is 0 Å². The van der Waals surface area contributed by atoms with E-state index in [4.69, 9.17) is 15.0 Å². The first-order valence-corrected chi connectivity index (χ1v) is 18.6. The SMILES string of the molecule is C=CCc1ccc(-c2ccc(-c3cc(-c4ccc(-c5nc(-c6ccccc6)nc(-c6ccccc6)n5)cc4)cc(-c4cccc5ccccc45)c3)cc2)cc1. The second-order valence-corrected chi connectivity index (χ2v) is 13.7. The summed E-state index contributed by atoms with van der Waals surface area (Å²) in [5.41, 5.74) is 13.5. The van der Waals surface area contributed by atoms with Crippen molar-refractivity contribution in [2.24, 2.45) is 0 Å². The van der Waals surface area contributed by atoms with Crippen LogP contribution in [0.25, 0.3) is 89.4 Å². The Morgan fingerprint density at radius 2 is 0.745 bits per heavy atom. The molecule has 0 spiro atoms. The number of nitrogens with zero attached hydrogens (tertiary/aromatic N) is 3. The molecule has 0 fully saturated rings. The molecule has 0 amide bonds. The Balaban J connectivity index is 1.12. The summed E-state index contributed by atoms with van der Waals surface area (Å²) in [5, 5.41) is 2.46. The molecule has 0 bridgehead atoms. The lowest BCUT2D eigenvalue weighted by atomic mass is 9.90. The maximum absolute atomic E-state index is 4.95. The van der Waals surface area contributed by atoms with Crippen molar-refractivity contribution >= 4 is 10.8 Å². The van der Waals surface area contributed by atoms with E-state index < -0.39 is 0 Å². The first-order valence-electron chi connectivity index (χ1n) is 18.6. The van der Waals surface area contributed by atoms with Gasteiger partial charge in [0.05, 0.1) is 0 Å². The van der Waals surface area contributed by atoms with E-state index in [0.717, 1.165) is 39.8 Å². The summed E-state index contributed by atoms with van der Waals surface area (Å²) in [6.07, 6.45) is 2.82. The summed E-state index contributed by atoms with van der Waals surface area (Å²) in [5.74, 6) is 1.94. The normalized spacial score (nSPS) is 11.1. The van der Waals surface area contributed by atoms with Gasteiger partial charge in [0.15, 0.2) is 17.5 Å². The number of allylic oxidation sites excluding steroid dienone is 1. The second kappa shape index (κ2) is 15.0. The van der Waals surface area contributed by atoms with Gasteiger partial charge >= 0.3 is 0 Å². The van der Waals surface area contributed by atoms with Crippen molar-refractivity contribution < 1.29 is 0 Å². The van der Waals surface area contributed by atoms with Crippen LogP contribution in [0.1, 0.15) is 5.56 Å². The van der Waals surface area contributed by atoms with Crippen molar-refractivity contribution in [3.05, 3.63) is 212 Å². The summed E-state index contributed by atoms with van der Waals surface area (Å²) in [6, 6.07) is 68.5. The van der Waals surface area contributed by atoms with Crippen molar-refractivity contribution in [2.75, 3.05) is 0 Å². The highest BCUT2D eigenvalue weighted by Gasteiger charge is 2.14. The number of rotatable bonds is 9. The molecule has 3 heteroatoms. The zero-order valence-electron chi connectivity index (χ0n) is 30.3. The molecule has 9 aromatic rings. The van der Waals surface area contributed by atoms with Crippen molar-refractivity contribution in [2.45, 2.75) is 6.42 Å². The van der Waals surface area contributed by atoms with Gasteiger partial charge in [0.25, 0.3) is 0 Å². The fourth-order valence-electron chi connectivity index (χ4n) is 7.20. The lowest BCUT2D eigenvalue weighted by Crippen LogP contribution is -2.00. The highest BCUT2D eigenvalue weighted by molar-refractivity contribution is 5.98. The lowest BCUT2D eigenvalue weighted by molar-refractivity contribution is 1.07. The van der Waals surface area contributed by atoms with E-state index >= 15 is 0 Å². The van der Waals surface area contributed by atoms with Crippen LogP contribution in [-0.4, -0.2) is 15.0 Å². The summed E-state index contributed by atoms with van der Waals surface area (Å²) < 4.78 is 0. The first kappa shape index (κ1) is 33.6. The zero-order chi connectivity index (χ0) is 37.0. The molecule has 0 saturated carbocycles.